The highest BCUT2D eigenvalue weighted by molar-refractivity contribution is 6.30. The minimum Gasteiger partial charge on any atom is -0.311 e. The molecule has 2 aliphatic rings. The average Bonchev–Trinajstić information content (AvgIpc) is 2.85. The van der Waals surface area contributed by atoms with Gasteiger partial charge in [-0.3, -0.25) is 14.7 Å². The Kier molecular flexibility index (Phi) is 5.56. The molecule has 4 heterocycles. The van der Waals surface area contributed by atoms with Gasteiger partial charge in [-0.25, -0.2) is 0 Å². The maximum Gasteiger partial charge on any atom is 0.250 e. The van der Waals surface area contributed by atoms with E-state index in [1.165, 1.54) is 16.6 Å². The van der Waals surface area contributed by atoms with Crippen LogP contribution < -0.4 is 5.56 Å². The van der Waals surface area contributed by atoms with Crippen LogP contribution in [0.2, 0.25) is 5.02 Å². The molecular weight excluding hydrogens is 442 g/mol. The fourth-order valence-corrected chi connectivity index (χ4v) is 5.76. The number of pyridine rings is 2. The van der Waals surface area contributed by atoms with Gasteiger partial charge in [0.1, 0.15) is 0 Å². The minimum atomic E-state index is 0.112. The predicted molar refractivity (Wildman–Crippen MR) is 139 cm³/mol. The van der Waals surface area contributed by atoms with Gasteiger partial charge < -0.3 is 4.57 Å². The molecule has 1 fully saturated rings. The molecular formula is C29H26ClN3O. The maximum absolute atomic E-state index is 12.8. The highest BCUT2D eigenvalue weighted by Gasteiger charge is 2.35. The fourth-order valence-electron chi connectivity index (χ4n) is 5.64. The average molecular weight is 468 g/mol. The summed E-state index contributed by atoms with van der Waals surface area (Å²) in [5.41, 5.74) is 5.79. The van der Waals surface area contributed by atoms with Crippen molar-refractivity contribution in [3.8, 4) is 0 Å². The zero-order chi connectivity index (χ0) is 23.1. The van der Waals surface area contributed by atoms with Gasteiger partial charge in [-0.1, -0.05) is 54.1 Å². The summed E-state index contributed by atoms with van der Waals surface area (Å²) >= 11 is 6.03. The van der Waals surface area contributed by atoms with E-state index in [0.717, 1.165) is 54.3 Å². The number of benzene rings is 2. The molecule has 0 radical (unpaired) electrons. The molecule has 0 aliphatic carbocycles. The third kappa shape index (κ3) is 4.20. The Morgan fingerprint density at radius 2 is 1.82 bits per heavy atom. The first-order valence-corrected chi connectivity index (χ1v) is 12.2. The van der Waals surface area contributed by atoms with Crippen LogP contribution in [0.5, 0.6) is 0 Å². The molecule has 5 heteroatoms. The van der Waals surface area contributed by atoms with E-state index >= 15 is 0 Å². The number of piperidine rings is 1. The summed E-state index contributed by atoms with van der Waals surface area (Å²) in [6, 6.07) is 22.0. The standard InChI is InChI=1S/C29H26ClN3O/c30-26-10-6-20(7-11-26)5-8-23-9-12-28(34)33-18-22-14-25(29(23)33)19-32(17-22)16-21-13-24-3-1-2-4-27(24)31-15-21/h1-13,15,22,25H,14,16-19H2/t22-,25-/m1/s1. The molecule has 0 saturated carbocycles. The van der Waals surface area contributed by atoms with Crippen molar-refractivity contribution in [3.05, 3.63) is 111 Å². The highest BCUT2D eigenvalue weighted by atomic mass is 35.5. The molecule has 2 atom stereocenters. The van der Waals surface area contributed by atoms with Gasteiger partial charge in [-0.15, -0.1) is 0 Å². The summed E-state index contributed by atoms with van der Waals surface area (Å²) < 4.78 is 2.02. The van der Waals surface area contributed by atoms with Crippen LogP contribution in [0.1, 0.15) is 34.7 Å². The molecule has 0 N–H and O–H groups in total. The molecule has 0 unspecified atom stereocenters. The lowest BCUT2D eigenvalue weighted by Crippen LogP contribution is -2.47. The van der Waals surface area contributed by atoms with E-state index in [9.17, 15) is 4.79 Å². The molecule has 34 heavy (non-hydrogen) atoms. The lowest BCUT2D eigenvalue weighted by atomic mass is 9.81. The molecule has 2 bridgehead atoms. The Morgan fingerprint density at radius 1 is 0.971 bits per heavy atom. The summed E-state index contributed by atoms with van der Waals surface area (Å²) in [6.07, 6.45) is 7.38. The number of hydrogen-bond donors (Lipinski definition) is 0. The smallest absolute Gasteiger partial charge is 0.250 e. The molecule has 0 spiro atoms. The number of hydrogen-bond acceptors (Lipinski definition) is 3. The van der Waals surface area contributed by atoms with Gasteiger partial charge in [-0.05, 0) is 59.4 Å². The molecule has 2 aliphatic heterocycles. The van der Waals surface area contributed by atoms with E-state index in [1.54, 1.807) is 6.07 Å². The lowest BCUT2D eigenvalue weighted by Gasteiger charge is -2.43. The number of likely N-dealkylation sites (tertiary alicyclic amines) is 1. The minimum absolute atomic E-state index is 0.112. The van der Waals surface area contributed by atoms with Gasteiger partial charge in [-0.2, -0.15) is 0 Å². The van der Waals surface area contributed by atoms with Gasteiger partial charge in [0.25, 0.3) is 5.56 Å². The first-order chi connectivity index (χ1) is 16.6. The number of fused-ring (bicyclic) bond motifs is 5. The fraction of sp³-hybridized carbons (Fsp3) is 0.241. The van der Waals surface area contributed by atoms with Crippen LogP contribution in [0, 0.1) is 5.92 Å². The van der Waals surface area contributed by atoms with Gasteiger partial charge in [0.05, 0.1) is 5.52 Å². The summed E-state index contributed by atoms with van der Waals surface area (Å²) in [5, 5.41) is 1.92. The largest absolute Gasteiger partial charge is 0.311 e. The molecule has 6 rings (SSSR count). The van der Waals surface area contributed by atoms with E-state index in [-0.39, 0.29) is 5.56 Å². The second kappa shape index (κ2) is 8.86. The molecule has 0 amide bonds. The number of aromatic nitrogens is 2. The monoisotopic (exact) mass is 467 g/mol. The van der Waals surface area contributed by atoms with Crippen LogP contribution in [-0.2, 0) is 13.1 Å². The Balaban J connectivity index is 1.28. The molecule has 2 aromatic carbocycles. The number of rotatable bonds is 4. The van der Waals surface area contributed by atoms with Crippen molar-refractivity contribution in [2.75, 3.05) is 13.1 Å². The van der Waals surface area contributed by atoms with Crippen LogP contribution in [0.15, 0.2) is 77.7 Å². The van der Waals surface area contributed by atoms with E-state index in [4.69, 9.17) is 11.6 Å². The zero-order valence-electron chi connectivity index (χ0n) is 18.9. The Hall–Kier alpha value is -3.21. The van der Waals surface area contributed by atoms with Crippen LogP contribution in [0.3, 0.4) is 0 Å². The first kappa shape index (κ1) is 21.3. The molecule has 170 valence electrons. The van der Waals surface area contributed by atoms with E-state index in [1.807, 2.05) is 47.2 Å². The van der Waals surface area contributed by atoms with Crippen molar-refractivity contribution in [1.82, 2.24) is 14.5 Å². The maximum atomic E-state index is 12.8. The summed E-state index contributed by atoms with van der Waals surface area (Å²) in [5.74, 6) is 0.840. The summed E-state index contributed by atoms with van der Waals surface area (Å²) in [7, 11) is 0. The van der Waals surface area contributed by atoms with Crippen LogP contribution in [0.25, 0.3) is 23.1 Å². The van der Waals surface area contributed by atoms with Gasteiger partial charge >= 0.3 is 0 Å². The second-order valence-corrected chi connectivity index (χ2v) is 9.97. The van der Waals surface area contributed by atoms with E-state index < -0.39 is 0 Å². The number of halogens is 1. The van der Waals surface area contributed by atoms with Crippen molar-refractivity contribution in [2.24, 2.45) is 5.92 Å². The molecule has 1 saturated heterocycles. The lowest BCUT2D eigenvalue weighted by molar-refractivity contribution is 0.114. The number of para-hydroxylation sites is 1. The van der Waals surface area contributed by atoms with Crippen molar-refractivity contribution < 1.29 is 0 Å². The van der Waals surface area contributed by atoms with Crippen molar-refractivity contribution >= 4 is 34.7 Å². The summed E-state index contributed by atoms with van der Waals surface area (Å²) in [6.45, 7) is 3.65. The zero-order valence-corrected chi connectivity index (χ0v) is 19.7. The quantitative estimate of drug-likeness (QED) is 0.378. The predicted octanol–water partition coefficient (Wildman–Crippen LogP) is 5.84. The van der Waals surface area contributed by atoms with Crippen LogP contribution in [-0.4, -0.2) is 27.5 Å². The topological polar surface area (TPSA) is 38.1 Å². The van der Waals surface area contributed by atoms with Crippen LogP contribution >= 0.6 is 11.6 Å². The first-order valence-electron chi connectivity index (χ1n) is 11.9. The van der Waals surface area contributed by atoms with Crippen molar-refractivity contribution in [2.45, 2.75) is 25.4 Å². The molecule has 2 aromatic heterocycles. The van der Waals surface area contributed by atoms with Crippen molar-refractivity contribution in [1.29, 1.82) is 0 Å². The SMILES string of the molecule is O=c1ccc(C=Cc2ccc(Cl)cc2)c2n1C[C@@H]1C[C@@H]2CN(Cc2cnc3ccccc3c2)C1. The van der Waals surface area contributed by atoms with E-state index in [2.05, 4.69) is 46.3 Å². The van der Waals surface area contributed by atoms with Crippen molar-refractivity contribution in [3.63, 3.8) is 0 Å². The third-order valence-corrected chi connectivity index (χ3v) is 7.33. The highest BCUT2D eigenvalue weighted by Crippen LogP contribution is 2.37. The Labute approximate surface area is 204 Å². The molecule has 4 aromatic rings. The van der Waals surface area contributed by atoms with E-state index in [0.29, 0.717) is 11.8 Å². The Bertz CT molecular complexity index is 1440. The second-order valence-electron chi connectivity index (χ2n) is 9.54. The number of nitrogens with zero attached hydrogens (tertiary/aromatic N) is 3. The third-order valence-electron chi connectivity index (χ3n) is 7.08. The van der Waals surface area contributed by atoms with Gasteiger partial charge in [0.2, 0.25) is 0 Å². The summed E-state index contributed by atoms with van der Waals surface area (Å²) in [4.78, 5) is 19.9. The normalized spacial score (nSPS) is 20.0. The van der Waals surface area contributed by atoms with Crippen LogP contribution in [0.4, 0.5) is 0 Å². The molecule has 4 nitrogen and oxygen atoms in total. The van der Waals surface area contributed by atoms with Gasteiger partial charge in [0.15, 0.2) is 0 Å². The van der Waals surface area contributed by atoms with Gasteiger partial charge in [0, 0.05) is 60.5 Å². The Morgan fingerprint density at radius 3 is 2.71 bits per heavy atom.